The first-order chi connectivity index (χ1) is 12.1. The number of aryl methyl sites for hydroxylation is 1. The number of piperazine rings is 1. The van der Waals surface area contributed by atoms with Gasteiger partial charge in [0.1, 0.15) is 0 Å². The molecule has 1 aliphatic heterocycles. The van der Waals surface area contributed by atoms with Crippen LogP contribution in [0.5, 0.6) is 0 Å². The summed E-state index contributed by atoms with van der Waals surface area (Å²) in [5.74, 6) is 0. The molecule has 0 saturated carbocycles. The van der Waals surface area contributed by atoms with Gasteiger partial charge in [-0.3, -0.25) is 10.3 Å². The van der Waals surface area contributed by atoms with Crippen molar-refractivity contribution in [3.63, 3.8) is 0 Å². The average Bonchev–Trinajstić information content (AvgIpc) is 2.61. The Morgan fingerprint density at radius 2 is 1.76 bits per heavy atom. The van der Waals surface area contributed by atoms with Crippen LogP contribution in [0.15, 0.2) is 47.6 Å². The maximum absolute atomic E-state index is 4.42. The number of benzene rings is 2. The van der Waals surface area contributed by atoms with Gasteiger partial charge in [0, 0.05) is 32.7 Å². The number of hydrazone groups is 1. The van der Waals surface area contributed by atoms with Crippen molar-refractivity contribution in [2.24, 2.45) is 5.10 Å². The molecule has 0 spiro atoms. The molecule has 2 aromatic carbocycles. The Morgan fingerprint density at radius 1 is 1.04 bits per heavy atom. The van der Waals surface area contributed by atoms with Crippen LogP contribution in [-0.2, 0) is 6.54 Å². The Labute approximate surface area is 151 Å². The lowest BCUT2D eigenvalue weighted by atomic mass is 9.99. The SMILES string of the molecule is Cc1cc(C=NNc2ccccc2)c(C)c(CN2CCN(C)CC2)c1. The molecular formula is C21H28N4. The molecule has 4 heteroatoms. The topological polar surface area (TPSA) is 30.9 Å². The van der Waals surface area contributed by atoms with E-state index in [1.807, 2.05) is 36.5 Å². The summed E-state index contributed by atoms with van der Waals surface area (Å²) in [4.78, 5) is 4.94. The molecule has 0 radical (unpaired) electrons. The second-order valence-corrected chi connectivity index (χ2v) is 6.95. The monoisotopic (exact) mass is 336 g/mol. The summed E-state index contributed by atoms with van der Waals surface area (Å²) < 4.78 is 0. The third kappa shape index (κ3) is 4.91. The van der Waals surface area contributed by atoms with E-state index in [1.54, 1.807) is 0 Å². The fourth-order valence-electron chi connectivity index (χ4n) is 3.20. The molecular weight excluding hydrogens is 308 g/mol. The van der Waals surface area contributed by atoms with Crippen LogP contribution in [0.3, 0.4) is 0 Å². The van der Waals surface area contributed by atoms with E-state index in [1.165, 1.54) is 22.3 Å². The molecule has 0 amide bonds. The molecule has 25 heavy (non-hydrogen) atoms. The highest BCUT2D eigenvalue weighted by Crippen LogP contribution is 2.18. The number of rotatable bonds is 5. The van der Waals surface area contributed by atoms with Gasteiger partial charge >= 0.3 is 0 Å². The third-order valence-corrected chi connectivity index (χ3v) is 4.86. The minimum absolute atomic E-state index is 1.00. The van der Waals surface area contributed by atoms with Gasteiger partial charge < -0.3 is 4.90 Å². The van der Waals surface area contributed by atoms with Gasteiger partial charge in [-0.15, -0.1) is 0 Å². The predicted molar refractivity (Wildman–Crippen MR) is 106 cm³/mol. The van der Waals surface area contributed by atoms with Crippen LogP contribution in [0.4, 0.5) is 5.69 Å². The van der Waals surface area contributed by atoms with Crippen LogP contribution in [0.2, 0.25) is 0 Å². The van der Waals surface area contributed by atoms with E-state index >= 15 is 0 Å². The standard InChI is InChI=1S/C21H28N4/c1-17-13-19(15-22-23-21-7-5-4-6-8-21)18(2)20(14-17)16-25-11-9-24(3)10-12-25/h4-8,13-15,23H,9-12,16H2,1-3H3. The van der Waals surface area contributed by atoms with Crippen LogP contribution in [0.25, 0.3) is 0 Å². The maximum Gasteiger partial charge on any atom is 0.0561 e. The molecule has 1 aliphatic rings. The molecule has 0 unspecified atom stereocenters. The van der Waals surface area contributed by atoms with E-state index in [-0.39, 0.29) is 0 Å². The molecule has 0 bridgehead atoms. The van der Waals surface area contributed by atoms with Crippen molar-refractivity contribution in [1.29, 1.82) is 0 Å². The Morgan fingerprint density at radius 3 is 2.48 bits per heavy atom. The highest BCUT2D eigenvalue weighted by Gasteiger charge is 2.15. The van der Waals surface area contributed by atoms with E-state index in [2.05, 4.69) is 53.4 Å². The summed E-state index contributed by atoms with van der Waals surface area (Å²) in [6.07, 6.45) is 1.93. The predicted octanol–water partition coefficient (Wildman–Crippen LogP) is 3.50. The van der Waals surface area contributed by atoms with Gasteiger partial charge in [0.2, 0.25) is 0 Å². The van der Waals surface area contributed by atoms with Crippen molar-refractivity contribution in [3.05, 3.63) is 64.7 Å². The summed E-state index contributed by atoms with van der Waals surface area (Å²) in [6.45, 7) is 9.98. The number of anilines is 1. The first-order valence-electron chi connectivity index (χ1n) is 8.97. The Bertz CT molecular complexity index is 716. The molecule has 1 heterocycles. The lowest BCUT2D eigenvalue weighted by molar-refractivity contribution is 0.148. The summed E-state index contributed by atoms with van der Waals surface area (Å²) in [7, 11) is 2.20. The molecule has 3 rings (SSSR count). The molecule has 132 valence electrons. The molecule has 4 nitrogen and oxygen atoms in total. The lowest BCUT2D eigenvalue weighted by Crippen LogP contribution is -2.44. The summed E-state index contributed by atoms with van der Waals surface area (Å²) in [6, 6.07) is 14.6. The molecule has 1 saturated heterocycles. The zero-order chi connectivity index (χ0) is 17.6. The van der Waals surface area contributed by atoms with Gasteiger partial charge in [-0.25, -0.2) is 0 Å². The highest BCUT2D eigenvalue weighted by molar-refractivity contribution is 5.83. The van der Waals surface area contributed by atoms with Crippen molar-refractivity contribution >= 4 is 11.9 Å². The molecule has 0 aliphatic carbocycles. The first-order valence-corrected chi connectivity index (χ1v) is 8.97. The third-order valence-electron chi connectivity index (χ3n) is 4.86. The van der Waals surface area contributed by atoms with Gasteiger partial charge in [0.15, 0.2) is 0 Å². The minimum atomic E-state index is 1.00. The normalized spacial score (nSPS) is 16.4. The van der Waals surface area contributed by atoms with Crippen molar-refractivity contribution in [3.8, 4) is 0 Å². The first kappa shape index (κ1) is 17.6. The second-order valence-electron chi connectivity index (χ2n) is 6.95. The zero-order valence-corrected chi connectivity index (χ0v) is 15.5. The van der Waals surface area contributed by atoms with Crippen LogP contribution >= 0.6 is 0 Å². The van der Waals surface area contributed by atoms with Gasteiger partial charge in [-0.05, 0) is 49.7 Å². The number of hydrogen-bond donors (Lipinski definition) is 1. The van der Waals surface area contributed by atoms with Crippen LogP contribution in [0.1, 0.15) is 22.3 Å². The van der Waals surface area contributed by atoms with Crippen molar-refractivity contribution in [2.75, 3.05) is 38.7 Å². The number of nitrogens with one attached hydrogen (secondary N) is 1. The fraction of sp³-hybridized carbons (Fsp3) is 0.381. The van der Waals surface area contributed by atoms with Crippen LogP contribution in [-0.4, -0.2) is 49.2 Å². The van der Waals surface area contributed by atoms with Crippen molar-refractivity contribution in [1.82, 2.24) is 9.80 Å². The summed E-state index contributed by atoms with van der Waals surface area (Å²) in [5, 5.41) is 4.42. The molecule has 0 atom stereocenters. The van der Waals surface area contributed by atoms with Gasteiger partial charge in [0.25, 0.3) is 0 Å². The molecule has 1 fully saturated rings. The Hall–Kier alpha value is -2.17. The summed E-state index contributed by atoms with van der Waals surface area (Å²) >= 11 is 0. The van der Waals surface area contributed by atoms with E-state index in [0.717, 1.165) is 38.4 Å². The average molecular weight is 336 g/mol. The van der Waals surface area contributed by atoms with Gasteiger partial charge in [-0.2, -0.15) is 5.10 Å². The Balaban J connectivity index is 1.71. The van der Waals surface area contributed by atoms with E-state index in [9.17, 15) is 0 Å². The quantitative estimate of drug-likeness (QED) is 0.670. The van der Waals surface area contributed by atoms with Crippen LogP contribution in [0, 0.1) is 13.8 Å². The molecule has 0 aromatic heterocycles. The number of nitrogens with zero attached hydrogens (tertiary/aromatic N) is 3. The largest absolute Gasteiger partial charge is 0.304 e. The smallest absolute Gasteiger partial charge is 0.0561 e. The van der Waals surface area contributed by atoms with Crippen molar-refractivity contribution < 1.29 is 0 Å². The van der Waals surface area contributed by atoms with E-state index in [4.69, 9.17) is 0 Å². The maximum atomic E-state index is 4.42. The highest BCUT2D eigenvalue weighted by atomic mass is 15.3. The fourth-order valence-corrected chi connectivity index (χ4v) is 3.20. The second kappa shape index (κ2) is 8.28. The zero-order valence-electron chi connectivity index (χ0n) is 15.5. The van der Waals surface area contributed by atoms with E-state index < -0.39 is 0 Å². The van der Waals surface area contributed by atoms with Crippen molar-refractivity contribution in [2.45, 2.75) is 20.4 Å². The number of likely N-dealkylation sites (N-methyl/N-ethyl adjacent to an activating group) is 1. The van der Waals surface area contributed by atoms with Crippen LogP contribution < -0.4 is 5.43 Å². The summed E-state index contributed by atoms with van der Waals surface area (Å²) in [5.41, 5.74) is 9.31. The Kier molecular flexibility index (Phi) is 5.84. The molecule has 2 aromatic rings. The molecule has 1 N–H and O–H groups in total. The number of hydrogen-bond acceptors (Lipinski definition) is 4. The lowest BCUT2D eigenvalue weighted by Gasteiger charge is -2.32. The van der Waals surface area contributed by atoms with E-state index in [0.29, 0.717) is 0 Å². The van der Waals surface area contributed by atoms with Gasteiger partial charge in [0.05, 0.1) is 11.9 Å². The van der Waals surface area contributed by atoms with Gasteiger partial charge in [-0.1, -0.05) is 35.9 Å². The number of para-hydroxylation sites is 1. The minimum Gasteiger partial charge on any atom is -0.304 e.